The summed E-state index contributed by atoms with van der Waals surface area (Å²) in [4.78, 5) is 18.9. The van der Waals surface area contributed by atoms with Crippen LogP contribution in [0.1, 0.15) is 70.9 Å². The van der Waals surface area contributed by atoms with E-state index in [4.69, 9.17) is 11.6 Å². The lowest BCUT2D eigenvalue weighted by Gasteiger charge is -2.30. The number of carbonyl (C=O) groups excluding carboxylic acids is 1. The summed E-state index contributed by atoms with van der Waals surface area (Å²) in [5, 5.41) is 12.8. The number of rotatable bonds is 7. The molecule has 0 aliphatic heterocycles. The number of nitrogens with one attached hydrogen (secondary N) is 1. The van der Waals surface area contributed by atoms with Crippen molar-refractivity contribution < 1.29 is 23.1 Å². The Morgan fingerprint density at radius 2 is 1.80 bits per heavy atom. The summed E-state index contributed by atoms with van der Waals surface area (Å²) in [6, 6.07) is 3.45. The molecule has 9 heteroatoms. The predicted octanol–water partition coefficient (Wildman–Crippen LogP) is 5.35. The highest BCUT2D eigenvalue weighted by molar-refractivity contribution is 6.64. The molecule has 0 heterocycles. The number of hydrogen-bond donors (Lipinski definition) is 2. The number of halogens is 4. The first-order valence-corrected chi connectivity index (χ1v) is 12.3. The fourth-order valence-electron chi connectivity index (χ4n) is 3.83. The van der Waals surface area contributed by atoms with Crippen LogP contribution in [0.4, 0.5) is 13.2 Å². The molecular formula is C26H35ClF3N3O2. The third-order valence-corrected chi connectivity index (χ3v) is 6.21. The molecule has 35 heavy (non-hydrogen) atoms. The van der Waals surface area contributed by atoms with Crippen LogP contribution in [0.25, 0.3) is 0 Å². The number of benzene rings is 1. The van der Waals surface area contributed by atoms with Gasteiger partial charge in [0.25, 0.3) is 0 Å². The van der Waals surface area contributed by atoms with E-state index in [1.165, 1.54) is 18.6 Å². The number of alkyl halides is 3. The molecule has 1 saturated carbocycles. The topological polar surface area (TPSA) is 64.9 Å². The van der Waals surface area contributed by atoms with Crippen LogP contribution in [0.2, 0.25) is 0 Å². The number of aliphatic hydroxyl groups is 1. The van der Waals surface area contributed by atoms with Crippen molar-refractivity contribution in [1.29, 1.82) is 0 Å². The van der Waals surface area contributed by atoms with Crippen LogP contribution in [-0.4, -0.2) is 45.4 Å². The van der Waals surface area contributed by atoms with Gasteiger partial charge in [0.1, 0.15) is 17.7 Å². The molecular weight excluding hydrogens is 479 g/mol. The SMILES string of the molecule is CC(C#CC(C)(C)O)/N=C(/Cl)N(Cc1ccc(C(F)(F)F)cc1)C(C)C(=O)NCC1CCCCC1. The molecule has 1 aromatic carbocycles. The number of amides is 1. The summed E-state index contributed by atoms with van der Waals surface area (Å²) in [7, 11) is 0. The van der Waals surface area contributed by atoms with Gasteiger partial charge in [-0.15, -0.1) is 0 Å². The van der Waals surface area contributed by atoms with E-state index in [1.54, 1.807) is 32.6 Å². The highest BCUT2D eigenvalue weighted by atomic mass is 35.5. The molecule has 0 radical (unpaired) electrons. The second-order valence-corrected chi connectivity index (χ2v) is 9.99. The first kappa shape index (κ1) is 29.0. The number of hydrogen-bond acceptors (Lipinski definition) is 3. The van der Waals surface area contributed by atoms with Gasteiger partial charge in [-0.3, -0.25) is 4.79 Å². The van der Waals surface area contributed by atoms with Crippen molar-refractivity contribution in [2.24, 2.45) is 10.9 Å². The maximum atomic E-state index is 13.0. The lowest BCUT2D eigenvalue weighted by atomic mass is 9.89. The van der Waals surface area contributed by atoms with E-state index in [2.05, 4.69) is 22.2 Å². The van der Waals surface area contributed by atoms with Gasteiger partial charge in [0.15, 0.2) is 5.29 Å². The third-order valence-electron chi connectivity index (χ3n) is 5.89. The largest absolute Gasteiger partial charge is 0.416 e. The summed E-state index contributed by atoms with van der Waals surface area (Å²) in [5.41, 5.74) is -1.39. The summed E-state index contributed by atoms with van der Waals surface area (Å²) >= 11 is 6.52. The van der Waals surface area contributed by atoms with Crippen LogP contribution in [0.15, 0.2) is 29.3 Å². The van der Waals surface area contributed by atoms with E-state index in [0.717, 1.165) is 37.8 Å². The van der Waals surface area contributed by atoms with Gasteiger partial charge in [-0.25, -0.2) is 4.99 Å². The Bertz CT molecular complexity index is 924. The first-order valence-electron chi connectivity index (χ1n) is 11.9. The summed E-state index contributed by atoms with van der Waals surface area (Å²) in [6.45, 7) is 7.15. The molecule has 0 bridgehead atoms. The average molecular weight is 514 g/mol. The zero-order valence-corrected chi connectivity index (χ0v) is 21.5. The molecule has 194 valence electrons. The van der Waals surface area contributed by atoms with E-state index in [1.807, 2.05) is 0 Å². The van der Waals surface area contributed by atoms with Gasteiger partial charge in [0.05, 0.1) is 5.56 Å². The maximum Gasteiger partial charge on any atom is 0.416 e. The van der Waals surface area contributed by atoms with Gasteiger partial charge < -0.3 is 15.3 Å². The Labute approximate surface area is 211 Å². The van der Waals surface area contributed by atoms with Crippen LogP contribution in [0.3, 0.4) is 0 Å². The van der Waals surface area contributed by atoms with Crippen LogP contribution in [0.5, 0.6) is 0 Å². The minimum Gasteiger partial charge on any atom is -0.378 e. The monoisotopic (exact) mass is 513 g/mol. The molecule has 1 aliphatic carbocycles. The molecule has 2 N–H and O–H groups in total. The Hall–Kier alpha value is -2.24. The number of nitrogens with zero attached hydrogens (tertiary/aromatic N) is 2. The smallest absolute Gasteiger partial charge is 0.378 e. The van der Waals surface area contributed by atoms with Gasteiger partial charge in [-0.2, -0.15) is 13.2 Å². The Balaban J connectivity index is 2.21. The van der Waals surface area contributed by atoms with Crippen molar-refractivity contribution in [3.63, 3.8) is 0 Å². The Morgan fingerprint density at radius 1 is 1.20 bits per heavy atom. The van der Waals surface area contributed by atoms with Gasteiger partial charge >= 0.3 is 6.18 Å². The van der Waals surface area contributed by atoms with Crippen LogP contribution in [-0.2, 0) is 17.5 Å². The maximum absolute atomic E-state index is 13.0. The molecule has 1 aliphatic rings. The van der Waals surface area contributed by atoms with Crippen molar-refractivity contribution in [2.75, 3.05) is 6.54 Å². The lowest BCUT2D eigenvalue weighted by molar-refractivity contribution is -0.137. The lowest BCUT2D eigenvalue weighted by Crippen LogP contribution is -2.47. The van der Waals surface area contributed by atoms with Crippen molar-refractivity contribution in [3.8, 4) is 11.8 Å². The highest BCUT2D eigenvalue weighted by Gasteiger charge is 2.30. The summed E-state index contributed by atoms with van der Waals surface area (Å²) in [5.74, 6) is 5.71. The molecule has 1 aromatic rings. The van der Waals surface area contributed by atoms with Crippen molar-refractivity contribution in [3.05, 3.63) is 35.4 Å². The molecule has 1 fully saturated rings. The van der Waals surface area contributed by atoms with Crippen molar-refractivity contribution in [1.82, 2.24) is 10.2 Å². The number of aliphatic imine (C=N–C) groups is 1. The van der Waals surface area contributed by atoms with Gasteiger partial charge in [-0.1, -0.05) is 43.2 Å². The second kappa shape index (κ2) is 12.6. The fraction of sp³-hybridized carbons (Fsp3) is 0.615. The van der Waals surface area contributed by atoms with Crippen LogP contribution >= 0.6 is 11.6 Å². The quantitative estimate of drug-likeness (QED) is 0.223. The Morgan fingerprint density at radius 3 is 2.34 bits per heavy atom. The highest BCUT2D eigenvalue weighted by Crippen LogP contribution is 2.29. The van der Waals surface area contributed by atoms with E-state index in [0.29, 0.717) is 18.0 Å². The van der Waals surface area contributed by atoms with E-state index in [9.17, 15) is 23.1 Å². The Kier molecular flexibility index (Phi) is 10.5. The molecule has 0 saturated heterocycles. The van der Waals surface area contributed by atoms with Gasteiger partial charge in [-0.05, 0) is 75.8 Å². The molecule has 1 amide bonds. The van der Waals surface area contributed by atoms with E-state index in [-0.39, 0.29) is 17.7 Å². The fourth-order valence-corrected chi connectivity index (χ4v) is 4.18. The third kappa shape index (κ3) is 10.1. The van der Waals surface area contributed by atoms with Crippen molar-refractivity contribution >= 4 is 22.8 Å². The van der Waals surface area contributed by atoms with E-state index >= 15 is 0 Å². The standard InChI is InChI=1S/C26H35ClF3N3O2/c1-18(14-15-25(3,4)35)32-24(27)33(17-21-10-12-22(13-11-21)26(28,29)30)19(2)23(34)31-16-20-8-6-5-7-9-20/h10-13,18-20,35H,5-9,16-17H2,1-4H3,(H,31,34)/b32-24-. The molecule has 2 atom stereocenters. The van der Waals surface area contributed by atoms with Gasteiger partial charge in [0, 0.05) is 13.1 Å². The van der Waals surface area contributed by atoms with E-state index < -0.39 is 29.4 Å². The number of amidine groups is 1. The first-order chi connectivity index (χ1) is 16.3. The van der Waals surface area contributed by atoms with Crippen LogP contribution < -0.4 is 5.32 Å². The predicted molar refractivity (Wildman–Crippen MR) is 133 cm³/mol. The molecule has 2 rings (SSSR count). The average Bonchev–Trinajstić information content (AvgIpc) is 2.79. The minimum atomic E-state index is -4.43. The normalized spacial score (nSPS) is 17.2. The molecule has 0 aromatic heterocycles. The summed E-state index contributed by atoms with van der Waals surface area (Å²) < 4.78 is 38.8. The second-order valence-electron chi connectivity index (χ2n) is 9.65. The molecule has 0 spiro atoms. The summed E-state index contributed by atoms with van der Waals surface area (Å²) in [6.07, 6.45) is 1.30. The molecule has 5 nitrogen and oxygen atoms in total. The molecule has 2 unspecified atom stereocenters. The van der Waals surface area contributed by atoms with Crippen LogP contribution in [0, 0.1) is 17.8 Å². The zero-order valence-electron chi connectivity index (χ0n) is 20.8. The van der Waals surface area contributed by atoms with Gasteiger partial charge in [0.2, 0.25) is 5.91 Å². The minimum absolute atomic E-state index is 0.0164. The zero-order chi connectivity index (χ0) is 26.2. The number of carbonyl (C=O) groups is 1. The van der Waals surface area contributed by atoms with Crippen molar-refractivity contribution in [2.45, 2.75) is 90.2 Å².